The predicted octanol–water partition coefficient (Wildman–Crippen LogP) is 1.43. The molecule has 1 aromatic heterocycles. The number of nitrogens with one attached hydrogen (secondary N) is 1. The van der Waals surface area contributed by atoms with Gasteiger partial charge in [0, 0.05) is 31.9 Å². The molecule has 0 fully saturated rings. The third-order valence-corrected chi connectivity index (χ3v) is 5.93. The van der Waals surface area contributed by atoms with Crippen LogP contribution in [0.5, 0.6) is 0 Å². The fraction of sp³-hybridized carbons (Fsp3) is 0.375. The van der Waals surface area contributed by atoms with Crippen LogP contribution < -0.4 is 10.5 Å². The molecular weight excluding hydrogens is 396 g/mol. The van der Waals surface area contributed by atoms with E-state index in [0.29, 0.717) is 18.7 Å². The second-order valence-electron chi connectivity index (χ2n) is 5.60. The summed E-state index contributed by atoms with van der Waals surface area (Å²) in [4.78, 5) is 18.2. The molecule has 3 N–H and O–H groups in total. The highest BCUT2D eigenvalue weighted by Crippen LogP contribution is 2.12. The molecule has 1 aromatic carbocycles. The van der Waals surface area contributed by atoms with Crippen molar-refractivity contribution in [1.82, 2.24) is 14.6 Å². The monoisotopic (exact) mass is 418 g/mol. The van der Waals surface area contributed by atoms with Crippen LogP contribution in [0.4, 0.5) is 0 Å². The molecule has 0 saturated heterocycles. The number of amides is 1. The minimum absolute atomic E-state index is 0. The van der Waals surface area contributed by atoms with E-state index < -0.39 is 10.0 Å². The van der Waals surface area contributed by atoms with Crippen LogP contribution in [-0.2, 0) is 16.4 Å². The number of aromatic nitrogens is 1. The molecule has 26 heavy (non-hydrogen) atoms. The van der Waals surface area contributed by atoms with Crippen molar-refractivity contribution in [2.24, 2.45) is 5.73 Å². The van der Waals surface area contributed by atoms with Crippen LogP contribution in [0.25, 0.3) is 0 Å². The molecule has 0 unspecified atom stereocenters. The molecule has 0 spiro atoms. The number of sulfonamides is 1. The number of carbonyl (C=O) groups excluding carboxylic acids is 1. The van der Waals surface area contributed by atoms with E-state index in [0.717, 1.165) is 10.6 Å². The first kappa shape index (κ1) is 22.5. The molecule has 0 atom stereocenters. The number of nitrogens with zero attached hydrogens (tertiary/aromatic N) is 2. The molecule has 0 radical (unpaired) electrons. The lowest BCUT2D eigenvalue weighted by Gasteiger charge is -2.16. The molecule has 1 heterocycles. The lowest BCUT2D eigenvalue weighted by molar-refractivity contribution is 0.0792. The third-order valence-electron chi connectivity index (χ3n) is 3.55. The molecule has 10 heteroatoms. The zero-order chi connectivity index (χ0) is 18.4. The Hall–Kier alpha value is -1.52. The van der Waals surface area contributed by atoms with Crippen molar-refractivity contribution in [3.05, 3.63) is 45.9 Å². The van der Waals surface area contributed by atoms with E-state index in [1.807, 2.05) is 6.92 Å². The standard InChI is InChI=1S/C16H22N4O3S2.ClH/c1-12-3-5-13(6-4-12)25(22,23)18-9-10-20(2)16(21)14-11-24-15(19-14)7-8-17;/h3-6,11,18H,7-10,17H2,1-2H3;1H. The Morgan fingerprint density at radius 1 is 1.31 bits per heavy atom. The van der Waals surface area contributed by atoms with Crippen molar-refractivity contribution in [3.63, 3.8) is 0 Å². The fourth-order valence-electron chi connectivity index (χ4n) is 2.09. The maximum absolute atomic E-state index is 12.3. The first-order valence-electron chi connectivity index (χ1n) is 7.80. The van der Waals surface area contributed by atoms with E-state index in [1.165, 1.54) is 16.2 Å². The third kappa shape index (κ3) is 6.03. The molecule has 144 valence electrons. The van der Waals surface area contributed by atoms with E-state index in [4.69, 9.17) is 5.73 Å². The van der Waals surface area contributed by atoms with Crippen molar-refractivity contribution in [2.45, 2.75) is 18.2 Å². The highest BCUT2D eigenvalue weighted by Gasteiger charge is 2.17. The van der Waals surface area contributed by atoms with E-state index in [9.17, 15) is 13.2 Å². The van der Waals surface area contributed by atoms with Crippen molar-refractivity contribution in [2.75, 3.05) is 26.7 Å². The number of carbonyl (C=O) groups is 1. The molecule has 0 saturated carbocycles. The molecule has 0 aliphatic heterocycles. The van der Waals surface area contributed by atoms with Crippen LogP contribution in [0, 0.1) is 6.92 Å². The van der Waals surface area contributed by atoms with Gasteiger partial charge < -0.3 is 10.6 Å². The topological polar surface area (TPSA) is 105 Å². The van der Waals surface area contributed by atoms with Crippen LogP contribution in [0.2, 0.25) is 0 Å². The summed E-state index contributed by atoms with van der Waals surface area (Å²) in [6, 6.07) is 6.60. The van der Waals surface area contributed by atoms with Gasteiger partial charge in [-0.15, -0.1) is 23.7 Å². The Morgan fingerprint density at radius 2 is 1.96 bits per heavy atom. The van der Waals surface area contributed by atoms with Crippen LogP contribution in [0.15, 0.2) is 34.5 Å². The Balaban J connectivity index is 0.00000338. The van der Waals surface area contributed by atoms with Gasteiger partial charge in [0.15, 0.2) is 0 Å². The van der Waals surface area contributed by atoms with Crippen molar-refractivity contribution in [3.8, 4) is 0 Å². The first-order chi connectivity index (χ1) is 11.8. The Bertz CT molecular complexity index is 822. The van der Waals surface area contributed by atoms with Crippen LogP contribution in [-0.4, -0.2) is 50.9 Å². The molecule has 2 rings (SSSR count). The molecule has 0 bridgehead atoms. The summed E-state index contributed by atoms with van der Waals surface area (Å²) in [6.07, 6.45) is 0.637. The quantitative estimate of drug-likeness (QED) is 0.674. The Kier molecular flexibility index (Phi) is 8.65. The minimum Gasteiger partial charge on any atom is -0.339 e. The second-order valence-corrected chi connectivity index (χ2v) is 8.31. The van der Waals surface area contributed by atoms with E-state index in [2.05, 4.69) is 9.71 Å². The maximum atomic E-state index is 12.3. The van der Waals surface area contributed by atoms with Gasteiger partial charge in [0.25, 0.3) is 5.91 Å². The number of hydrogen-bond donors (Lipinski definition) is 2. The van der Waals surface area contributed by atoms with Crippen molar-refractivity contribution >= 4 is 39.7 Å². The van der Waals surface area contributed by atoms with Crippen molar-refractivity contribution < 1.29 is 13.2 Å². The van der Waals surface area contributed by atoms with Gasteiger partial charge in [0.2, 0.25) is 10.0 Å². The molecule has 0 aliphatic rings. The first-order valence-corrected chi connectivity index (χ1v) is 10.2. The van der Waals surface area contributed by atoms with Gasteiger partial charge in [-0.3, -0.25) is 4.79 Å². The highest BCUT2D eigenvalue weighted by atomic mass is 35.5. The smallest absolute Gasteiger partial charge is 0.273 e. The van der Waals surface area contributed by atoms with Crippen LogP contribution in [0.1, 0.15) is 21.1 Å². The fourth-order valence-corrected chi connectivity index (χ4v) is 3.90. The van der Waals surface area contributed by atoms with E-state index >= 15 is 0 Å². The van der Waals surface area contributed by atoms with Crippen LogP contribution >= 0.6 is 23.7 Å². The minimum atomic E-state index is -3.58. The molecular formula is C16H23ClN4O3S2. The van der Waals surface area contributed by atoms with Gasteiger partial charge in [-0.1, -0.05) is 17.7 Å². The summed E-state index contributed by atoms with van der Waals surface area (Å²) in [7, 11) is -1.97. The molecule has 7 nitrogen and oxygen atoms in total. The zero-order valence-electron chi connectivity index (χ0n) is 14.6. The summed E-state index contributed by atoms with van der Waals surface area (Å²) in [5.74, 6) is -0.242. The number of likely N-dealkylation sites (N-methyl/N-ethyl adjacent to an activating group) is 1. The summed E-state index contributed by atoms with van der Waals surface area (Å²) in [5.41, 5.74) is 6.82. The number of nitrogens with two attached hydrogens (primary N) is 1. The number of thiazole rings is 1. The second kappa shape index (κ2) is 9.98. The summed E-state index contributed by atoms with van der Waals surface area (Å²) in [5, 5.41) is 2.51. The highest BCUT2D eigenvalue weighted by molar-refractivity contribution is 7.89. The van der Waals surface area contributed by atoms with Gasteiger partial charge in [-0.05, 0) is 25.6 Å². The lowest BCUT2D eigenvalue weighted by atomic mass is 10.2. The normalized spacial score (nSPS) is 11.0. The molecule has 1 amide bonds. The zero-order valence-corrected chi connectivity index (χ0v) is 17.1. The lowest BCUT2D eigenvalue weighted by Crippen LogP contribution is -2.36. The number of aryl methyl sites for hydroxylation is 1. The SMILES string of the molecule is Cc1ccc(S(=O)(=O)NCCN(C)C(=O)c2csc(CCN)n2)cc1.Cl. The Labute approximate surface area is 164 Å². The van der Waals surface area contributed by atoms with Gasteiger partial charge >= 0.3 is 0 Å². The van der Waals surface area contributed by atoms with Gasteiger partial charge in [-0.2, -0.15) is 0 Å². The average Bonchev–Trinajstić information content (AvgIpc) is 3.03. The molecule has 0 aliphatic carbocycles. The van der Waals surface area contributed by atoms with E-state index in [1.54, 1.807) is 36.7 Å². The van der Waals surface area contributed by atoms with Gasteiger partial charge in [-0.25, -0.2) is 18.1 Å². The number of rotatable bonds is 8. The summed E-state index contributed by atoms with van der Waals surface area (Å²) in [6.45, 7) is 2.74. The van der Waals surface area contributed by atoms with Gasteiger partial charge in [0.1, 0.15) is 5.69 Å². The Morgan fingerprint density at radius 3 is 2.58 bits per heavy atom. The van der Waals surface area contributed by atoms with E-state index in [-0.39, 0.29) is 36.3 Å². The molecule has 2 aromatic rings. The number of halogens is 1. The summed E-state index contributed by atoms with van der Waals surface area (Å²) >= 11 is 1.40. The summed E-state index contributed by atoms with van der Waals surface area (Å²) < 4.78 is 26.9. The number of hydrogen-bond acceptors (Lipinski definition) is 6. The van der Waals surface area contributed by atoms with Crippen molar-refractivity contribution in [1.29, 1.82) is 0 Å². The largest absolute Gasteiger partial charge is 0.339 e. The van der Waals surface area contributed by atoms with Gasteiger partial charge in [0.05, 0.1) is 9.90 Å². The number of benzene rings is 1. The predicted molar refractivity (Wildman–Crippen MR) is 105 cm³/mol. The maximum Gasteiger partial charge on any atom is 0.273 e. The van der Waals surface area contributed by atoms with Crippen LogP contribution in [0.3, 0.4) is 0 Å². The average molecular weight is 419 g/mol.